The largest absolute Gasteiger partial charge is 0.354 e. The Morgan fingerprint density at radius 2 is 1.50 bits per heavy atom. The van der Waals surface area contributed by atoms with E-state index in [0.717, 1.165) is 43.6 Å². The van der Waals surface area contributed by atoms with Crippen LogP contribution in [-0.2, 0) is 0 Å². The van der Waals surface area contributed by atoms with Crippen molar-refractivity contribution in [3.63, 3.8) is 0 Å². The Labute approximate surface area is 181 Å². The molecule has 0 saturated carbocycles. The summed E-state index contributed by atoms with van der Waals surface area (Å²) in [6, 6.07) is 5.93. The molecule has 0 radical (unpaired) electrons. The van der Waals surface area contributed by atoms with Crippen LogP contribution in [0.2, 0.25) is 5.02 Å². The number of aromatic nitrogens is 2. The van der Waals surface area contributed by atoms with Crippen molar-refractivity contribution in [1.82, 2.24) is 19.8 Å². The van der Waals surface area contributed by atoms with Crippen molar-refractivity contribution >= 4 is 29.1 Å². The molecule has 0 spiro atoms. The van der Waals surface area contributed by atoms with E-state index in [4.69, 9.17) is 11.6 Å². The lowest BCUT2D eigenvalue weighted by Crippen LogP contribution is -2.49. The van der Waals surface area contributed by atoms with E-state index in [0.29, 0.717) is 31.7 Å². The highest BCUT2D eigenvalue weighted by Crippen LogP contribution is 2.23. The Morgan fingerprint density at radius 3 is 2.07 bits per heavy atom. The molecule has 0 aliphatic carbocycles. The van der Waals surface area contributed by atoms with E-state index in [1.165, 1.54) is 18.2 Å². The summed E-state index contributed by atoms with van der Waals surface area (Å²) in [6.07, 6.45) is 0. The van der Waals surface area contributed by atoms with Crippen molar-refractivity contribution in [2.45, 2.75) is 6.92 Å². The molecule has 0 atom stereocenters. The number of carbonyl (C=O) groups excluding carboxylic acids is 1. The van der Waals surface area contributed by atoms with Gasteiger partial charge in [-0.2, -0.15) is 0 Å². The minimum absolute atomic E-state index is 0.144. The average Bonchev–Trinajstić information content (AvgIpc) is 2.73. The molecule has 2 aliphatic heterocycles. The van der Waals surface area contributed by atoms with Gasteiger partial charge in [-0.1, -0.05) is 11.6 Å². The predicted molar refractivity (Wildman–Crippen MR) is 116 cm³/mol. The molecule has 1 amide bonds. The van der Waals surface area contributed by atoms with E-state index >= 15 is 0 Å². The monoisotopic (exact) mass is 432 g/mol. The number of hydrogen-bond acceptors (Lipinski definition) is 6. The highest BCUT2D eigenvalue weighted by molar-refractivity contribution is 6.33. The number of halogens is 2. The first-order valence-electron chi connectivity index (χ1n) is 10.2. The van der Waals surface area contributed by atoms with Gasteiger partial charge >= 0.3 is 0 Å². The van der Waals surface area contributed by atoms with Gasteiger partial charge in [0.1, 0.15) is 23.3 Å². The maximum Gasteiger partial charge on any atom is 0.255 e. The predicted octanol–water partition coefficient (Wildman–Crippen LogP) is 2.29. The van der Waals surface area contributed by atoms with Gasteiger partial charge in [0.05, 0.1) is 10.6 Å². The third-order valence-corrected chi connectivity index (χ3v) is 6.00. The van der Waals surface area contributed by atoms with Crippen LogP contribution in [0.3, 0.4) is 0 Å². The van der Waals surface area contributed by atoms with Crippen LogP contribution in [0.4, 0.5) is 16.0 Å². The van der Waals surface area contributed by atoms with Gasteiger partial charge in [-0.3, -0.25) is 4.79 Å². The normalized spacial score (nSPS) is 18.1. The first kappa shape index (κ1) is 20.8. The zero-order valence-electron chi connectivity index (χ0n) is 17.3. The standard InChI is InChI=1S/C21H26ClFN6O/c1-15-24-19(27-7-5-26(2)6-8-27)14-20(25-15)28-9-11-29(12-10-28)21(30)17-4-3-16(23)13-18(17)22/h3-4,13-14H,5-12H2,1-2H3. The van der Waals surface area contributed by atoms with Crippen LogP contribution in [0.1, 0.15) is 16.2 Å². The van der Waals surface area contributed by atoms with Gasteiger partial charge in [-0.15, -0.1) is 0 Å². The molecule has 0 unspecified atom stereocenters. The van der Waals surface area contributed by atoms with Gasteiger partial charge in [-0.05, 0) is 32.2 Å². The molecular formula is C21H26ClFN6O. The van der Waals surface area contributed by atoms with E-state index in [-0.39, 0.29) is 10.9 Å². The van der Waals surface area contributed by atoms with Crippen LogP contribution in [-0.4, -0.2) is 85.1 Å². The SMILES string of the molecule is Cc1nc(N2CCN(C)CC2)cc(N2CCN(C(=O)c3ccc(F)cc3Cl)CC2)n1. The third kappa shape index (κ3) is 4.49. The Morgan fingerprint density at radius 1 is 0.933 bits per heavy atom. The summed E-state index contributed by atoms with van der Waals surface area (Å²) in [7, 11) is 2.13. The molecule has 0 bridgehead atoms. The number of aryl methyl sites for hydroxylation is 1. The molecule has 7 nitrogen and oxygen atoms in total. The molecule has 2 aromatic rings. The molecule has 2 fully saturated rings. The Hall–Kier alpha value is -2.45. The fourth-order valence-corrected chi connectivity index (χ4v) is 4.12. The molecule has 4 rings (SSSR count). The number of amides is 1. The number of likely N-dealkylation sites (N-methyl/N-ethyl adjacent to an activating group) is 1. The highest BCUT2D eigenvalue weighted by atomic mass is 35.5. The van der Waals surface area contributed by atoms with Gasteiger partial charge in [0, 0.05) is 58.4 Å². The minimum atomic E-state index is -0.448. The van der Waals surface area contributed by atoms with Crippen LogP contribution in [0.15, 0.2) is 24.3 Å². The molecule has 3 heterocycles. The van der Waals surface area contributed by atoms with Crippen LogP contribution in [0.5, 0.6) is 0 Å². The summed E-state index contributed by atoms with van der Waals surface area (Å²) < 4.78 is 13.3. The van der Waals surface area contributed by atoms with Gasteiger partial charge in [-0.25, -0.2) is 14.4 Å². The topological polar surface area (TPSA) is 55.8 Å². The Balaban J connectivity index is 1.43. The number of hydrogen-bond donors (Lipinski definition) is 0. The lowest BCUT2D eigenvalue weighted by atomic mass is 10.1. The Kier molecular flexibility index (Phi) is 6.06. The molecule has 1 aromatic heterocycles. The lowest BCUT2D eigenvalue weighted by molar-refractivity contribution is 0.0746. The van der Waals surface area contributed by atoms with E-state index < -0.39 is 5.82 Å². The second-order valence-corrected chi connectivity index (χ2v) is 8.23. The average molecular weight is 433 g/mol. The highest BCUT2D eigenvalue weighted by Gasteiger charge is 2.25. The fourth-order valence-electron chi connectivity index (χ4n) is 3.87. The fraction of sp³-hybridized carbons (Fsp3) is 0.476. The van der Waals surface area contributed by atoms with Crippen LogP contribution < -0.4 is 9.80 Å². The number of benzene rings is 1. The summed E-state index contributed by atoms with van der Waals surface area (Å²) in [5, 5.41) is 0.144. The molecule has 2 aliphatic rings. The molecule has 160 valence electrons. The van der Waals surface area contributed by atoms with Crippen molar-refractivity contribution < 1.29 is 9.18 Å². The maximum absolute atomic E-state index is 13.3. The van der Waals surface area contributed by atoms with Crippen LogP contribution >= 0.6 is 11.6 Å². The lowest BCUT2D eigenvalue weighted by Gasteiger charge is -2.37. The van der Waals surface area contributed by atoms with E-state index in [9.17, 15) is 9.18 Å². The van der Waals surface area contributed by atoms with Gasteiger partial charge in [0.25, 0.3) is 5.91 Å². The smallest absolute Gasteiger partial charge is 0.255 e. The molecule has 9 heteroatoms. The summed E-state index contributed by atoms with van der Waals surface area (Å²) >= 11 is 6.06. The van der Waals surface area contributed by atoms with E-state index in [2.05, 4.69) is 31.7 Å². The van der Waals surface area contributed by atoms with Crippen molar-refractivity contribution in [3.8, 4) is 0 Å². The number of anilines is 2. The van der Waals surface area contributed by atoms with Crippen molar-refractivity contribution in [3.05, 3.63) is 46.5 Å². The third-order valence-electron chi connectivity index (χ3n) is 5.69. The second kappa shape index (κ2) is 8.73. The quantitative estimate of drug-likeness (QED) is 0.741. The van der Waals surface area contributed by atoms with Crippen LogP contribution in [0.25, 0.3) is 0 Å². The van der Waals surface area contributed by atoms with Crippen molar-refractivity contribution in [1.29, 1.82) is 0 Å². The first-order chi connectivity index (χ1) is 14.4. The van der Waals surface area contributed by atoms with Gasteiger partial charge < -0.3 is 19.6 Å². The molecule has 0 N–H and O–H groups in total. The number of carbonyl (C=O) groups is 1. The first-order valence-corrected chi connectivity index (χ1v) is 10.6. The summed E-state index contributed by atoms with van der Waals surface area (Å²) in [4.78, 5) is 30.6. The zero-order valence-corrected chi connectivity index (χ0v) is 18.1. The van der Waals surface area contributed by atoms with Crippen molar-refractivity contribution in [2.24, 2.45) is 0 Å². The van der Waals surface area contributed by atoms with Crippen molar-refractivity contribution in [2.75, 3.05) is 69.2 Å². The summed E-state index contributed by atoms with van der Waals surface area (Å²) in [5.74, 6) is 1.98. The summed E-state index contributed by atoms with van der Waals surface area (Å²) in [5.41, 5.74) is 0.335. The maximum atomic E-state index is 13.3. The molecule has 1 aromatic carbocycles. The number of piperazine rings is 2. The van der Waals surface area contributed by atoms with Gasteiger partial charge in [0.15, 0.2) is 0 Å². The molecule has 2 saturated heterocycles. The zero-order chi connectivity index (χ0) is 21.3. The van der Waals surface area contributed by atoms with Gasteiger partial charge in [0.2, 0.25) is 0 Å². The minimum Gasteiger partial charge on any atom is -0.354 e. The van der Waals surface area contributed by atoms with E-state index in [1.807, 2.05) is 13.0 Å². The molecular weight excluding hydrogens is 407 g/mol. The number of nitrogens with zero attached hydrogens (tertiary/aromatic N) is 6. The Bertz CT molecular complexity index is 926. The van der Waals surface area contributed by atoms with E-state index in [1.54, 1.807) is 4.90 Å². The second-order valence-electron chi connectivity index (χ2n) is 7.83. The van der Waals surface area contributed by atoms with Crippen LogP contribution in [0, 0.1) is 12.7 Å². The molecule has 30 heavy (non-hydrogen) atoms. The summed E-state index contributed by atoms with van der Waals surface area (Å²) in [6.45, 7) is 8.31. The number of rotatable bonds is 3.